The summed E-state index contributed by atoms with van der Waals surface area (Å²) >= 11 is 5.51. The molecule has 1 aromatic carbocycles. The number of likely N-dealkylation sites (tertiary alicyclic amines) is 1. The second-order valence-electron chi connectivity index (χ2n) is 6.38. The fourth-order valence-electron chi connectivity index (χ4n) is 3.02. The molecule has 0 bridgehead atoms. The Balaban J connectivity index is 1.62. The summed E-state index contributed by atoms with van der Waals surface area (Å²) in [5, 5.41) is 3.16. The number of rotatable bonds is 3. The van der Waals surface area contributed by atoms with Gasteiger partial charge < -0.3 is 4.90 Å². The highest BCUT2D eigenvalue weighted by Crippen LogP contribution is 2.21. The summed E-state index contributed by atoms with van der Waals surface area (Å²) in [5.41, 5.74) is 7.53. The Bertz CT molecular complexity index is 674. The standard InChI is InChI=1S/C18H24N4S/c1-13-8-11-22(12-9-13)18(23)21-20-14(2)17-16-6-4-3-5-15(16)7-10-19-17/h3-7,10,13-14,20H,8-9,11-12H2,1-2H3,(H,21,23). The van der Waals surface area contributed by atoms with Gasteiger partial charge in [-0.1, -0.05) is 31.2 Å². The Morgan fingerprint density at radius 1 is 1.26 bits per heavy atom. The minimum Gasteiger partial charge on any atom is -0.348 e. The topological polar surface area (TPSA) is 40.2 Å². The number of hydrazine groups is 1. The third kappa shape index (κ3) is 3.79. The van der Waals surface area contributed by atoms with E-state index in [1.165, 1.54) is 23.6 Å². The van der Waals surface area contributed by atoms with Crippen LogP contribution in [0.25, 0.3) is 10.8 Å². The predicted octanol–water partition coefficient (Wildman–Crippen LogP) is 3.41. The number of piperidine rings is 1. The van der Waals surface area contributed by atoms with Crippen molar-refractivity contribution in [2.45, 2.75) is 32.7 Å². The van der Waals surface area contributed by atoms with Crippen molar-refractivity contribution in [1.29, 1.82) is 0 Å². The monoisotopic (exact) mass is 328 g/mol. The normalized spacial score (nSPS) is 17.2. The molecule has 0 radical (unpaired) electrons. The number of thiocarbonyl (C=S) groups is 1. The molecule has 1 aromatic heterocycles. The molecule has 23 heavy (non-hydrogen) atoms. The smallest absolute Gasteiger partial charge is 0.183 e. The van der Waals surface area contributed by atoms with Crippen LogP contribution in [0.3, 0.4) is 0 Å². The number of nitrogens with one attached hydrogen (secondary N) is 2. The third-order valence-corrected chi connectivity index (χ3v) is 4.94. The van der Waals surface area contributed by atoms with E-state index in [2.05, 4.69) is 52.8 Å². The molecule has 2 aromatic rings. The van der Waals surface area contributed by atoms with Crippen LogP contribution >= 0.6 is 12.2 Å². The molecule has 122 valence electrons. The zero-order valence-corrected chi connectivity index (χ0v) is 14.6. The van der Waals surface area contributed by atoms with E-state index >= 15 is 0 Å². The molecule has 0 amide bonds. The number of benzene rings is 1. The number of fused-ring (bicyclic) bond motifs is 1. The van der Waals surface area contributed by atoms with Gasteiger partial charge in [-0.3, -0.25) is 10.4 Å². The minimum atomic E-state index is 0.0720. The van der Waals surface area contributed by atoms with Gasteiger partial charge in [-0.15, -0.1) is 0 Å². The van der Waals surface area contributed by atoms with Crippen molar-refractivity contribution in [3.8, 4) is 0 Å². The van der Waals surface area contributed by atoms with Crippen LogP contribution in [0, 0.1) is 5.92 Å². The Hall–Kier alpha value is -1.72. The molecule has 0 aliphatic carbocycles. The molecular weight excluding hydrogens is 304 g/mol. The van der Waals surface area contributed by atoms with E-state index in [9.17, 15) is 0 Å². The molecule has 2 N–H and O–H groups in total. The summed E-state index contributed by atoms with van der Waals surface area (Å²) in [6.07, 6.45) is 4.28. The number of nitrogens with zero attached hydrogens (tertiary/aromatic N) is 2. The quantitative estimate of drug-likeness (QED) is 0.667. The van der Waals surface area contributed by atoms with Gasteiger partial charge in [0.15, 0.2) is 5.11 Å². The lowest BCUT2D eigenvalue weighted by Gasteiger charge is -2.33. The fourth-order valence-corrected chi connectivity index (χ4v) is 3.26. The van der Waals surface area contributed by atoms with Crippen molar-refractivity contribution < 1.29 is 0 Å². The highest BCUT2D eigenvalue weighted by molar-refractivity contribution is 7.80. The molecule has 0 saturated carbocycles. The molecule has 3 rings (SSSR count). The second-order valence-corrected chi connectivity index (χ2v) is 6.77. The lowest BCUT2D eigenvalue weighted by molar-refractivity contribution is 0.274. The van der Waals surface area contributed by atoms with E-state index < -0.39 is 0 Å². The highest BCUT2D eigenvalue weighted by atomic mass is 32.1. The maximum atomic E-state index is 5.51. The largest absolute Gasteiger partial charge is 0.348 e. The van der Waals surface area contributed by atoms with Gasteiger partial charge in [-0.2, -0.15) is 0 Å². The Labute approximate surface area is 143 Å². The molecule has 2 heterocycles. The lowest BCUT2D eigenvalue weighted by Crippen LogP contribution is -2.49. The van der Waals surface area contributed by atoms with Crippen molar-refractivity contribution in [3.63, 3.8) is 0 Å². The van der Waals surface area contributed by atoms with Crippen LogP contribution in [0.1, 0.15) is 38.4 Å². The molecule has 4 nitrogen and oxygen atoms in total. The van der Waals surface area contributed by atoms with Gasteiger partial charge >= 0.3 is 0 Å². The molecule has 1 fully saturated rings. The first-order chi connectivity index (χ1) is 11.1. The summed E-state index contributed by atoms with van der Waals surface area (Å²) in [5.74, 6) is 0.806. The predicted molar refractivity (Wildman–Crippen MR) is 99.0 cm³/mol. The van der Waals surface area contributed by atoms with Gasteiger partial charge in [0.25, 0.3) is 0 Å². The third-order valence-electron chi connectivity index (χ3n) is 4.58. The van der Waals surface area contributed by atoms with Gasteiger partial charge in [0, 0.05) is 24.7 Å². The molecule has 1 aliphatic rings. The summed E-state index contributed by atoms with van der Waals surface area (Å²) in [4.78, 5) is 6.79. The summed E-state index contributed by atoms with van der Waals surface area (Å²) in [7, 11) is 0. The fraction of sp³-hybridized carbons (Fsp3) is 0.444. The van der Waals surface area contributed by atoms with Crippen molar-refractivity contribution in [2.24, 2.45) is 5.92 Å². The van der Waals surface area contributed by atoms with Gasteiger partial charge in [-0.05, 0) is 49.4 Å². The average molecular weight is 328 g/mol. The number of pyridine rings is 1. The van der Waals surface area contributed by atoms with Crippen LogP contribution in [-0.2, 0) is 0 Å². The van der Waals surface area contributed by atoms with Gasteiger partial charge in [0.1, 0.15) is 0 Å². The van der Waals surface area contributed by atoms with Crippen LogP contribution in [0.5, 0.6) is 0 Å². The molecule has 0 spiro atoms. The van der Waals surface area contributed by atoms with E-state index in [-0.39, 0.29) is 6.04 Å². The number of hydrogen-bond acceptors (Lipinski definition) is 3. The minimum absolute atomic E-state index is 0.0720. The second kappa shape index (κ2) is 7.23. The van der Waals surface area contributed by atoms with Crippen molar-refractivity contribution in [3.05, 3.63) is 42.2 Å². The van der Waals surface area contributed by atoms with E-state index in [0.29, 0.717) is 0 Å². The molecule has 1 unspecified atom stereocenters. The molecule has 1 saturated heterocycles. The summed E-state index contributed by atoms with van der Waals surface area (Å²) < 4.78 is 0. The van der Waals surface area contributed by atoms with Gasteiger partial charge in [0.05, 0.1) is 11.7 Å². The van der Waals surface area contributed by atoms with E-state index in [1.54, 1.807) is 0 Å². The lowest BCUT2D eigenvalue weighted by atomic mass is 10.00. The van der Waals surface area contributed by atoms with Crippen LogP contribution in [0.4, 0.5) is 0 Å². The first-order valence-corrected chi connectivity index (χ1v) is 8.70. The molecule has 1 atom stereocenters. The van der Waals surface area contributed by atoms with Crippen molar-refractivity contribution in [1.82, 2.24) is 20.7 Å². The maximum Gasteiger partial charge on any atom is 0.183 e. The van der Waals surface area contributed by atoms with Crippen LogP contribution in [0.15, 0.2) is 36.5 Å². The van der Waals surface area contributed by atoms with E-state index in [1.807, 2.05) is 18.3 Å². The zero-order valence-electron chi connectivity index (χ0n) is 13.7. The Morgan fingerprint density at radius 3 is 2.78 bits per heavy atom. The summed E-state index contributed by atoms with van der Waals surface area (Å²) in [6, 6.07) is 10.4. The van der Waals surface area contributed by atoms with E-state index in [0.717, 1.165) is 29.8 Å². The zero-order chi connectivity index (χ0) is 16.2. The van der Waals surface area contributed by atoms with Crippen LogP contribution < -0.4 is 10.9 Å². The number of hydrogen-bond donors (Lipinski definition) is 2. The Morgan fingerprint density at radius 2 is 2.00 bits per heavy atom. The van der Waals surface area contributed by atoms with Crippen molar-refractivity contribution >= 4 is 28.1 Å². The number of aromatic nitrogens is 1. The van der Waals surface area contributed by atoms with Crippen LogP contribution in [0.2, 0.25) is 0 Å². The van der Waals surface area contributed by atoms with Crippen molar-refractivity contribution in [2.75, 3.05) is 13.1 Å². The first kappa shape index (κ1) is 16.1. The van der Waals surface area contributed by atoms with Gasteiger partial charge in [-0.25, -0.2) is 5.43 Å². The summed E-state index contributed by atoms with van der Waals surface area (Å²) in [6.45, 7) is 6.48. The molecule has 5 heteroatoms. The van der Waals surface area contributed by atoms with E-state index in [4.69, 9.17) is 12.2 Å². The molecular formula is C18H24N4S. The first-order valence-electron chi connectivity index (χ1n) is 8.29. The highest BCUT2D eigenvalue weighted by Gasteiger charge is 2.18. The SMILES string of the molecule is CC1CCN(C(=S)NNC(C)c2nccc3ccccc23)CC1. The van der Waals surface area contributed by atoms with Gasteiger partial charge in [0.2, 0.25) is 0 Å². The molecule has 1 aliphatic heterocycles. The van der Waals surface area contributed by atoms with Crippen LogP contribution in [-0.4, -0.2) is 28.1 Å². The maximum absolute atomic E-state index is 5.51. The average Bonchev–Trinajstić information content (AvgIpc) is 2.59. The Kier molecular flexibility index (Phi) is 5.08.